The Labute approximate surface area is 127 Å². The molecule has 0 aliphatic heterocycles. The molecule has 0 spiro atoms. The number of nitro groups is 2. The van der Waals surface area contributed by atoms with Crippen molar-refractivity contribution in [1.82, 2.24) is 19.6 Å². The van der Waals surface area contributed by atoms with Gasteiger partial charge in [0.2, 0.25) is 5.15 Å². The van der Waals surface area contributed by atoms with Crippen molar-refractivity contribution in [3.05, 3.63) is 31.6 Å². The summed E-state index contributed by atoms with van der Waals surface area (Å²) in [4.78, 5) is 19.4. The lowest BCUT2D eigenvalue weighted by atomic mass is 10.2. The topological polar surface area (TPSA) is 122 Å². The smallest absolute Gasteiger partial charge is 0.258 e. The first-order valence-corrected chi connectivity index (χ1v) is 5.75. The van der Waals surface area contributed by atoms with Crippen LogP contribution in [0.25, 0.3) is 11.4 Å². The zero-order valence-corrected chi connectivity index (χ0v) is 11.2. The standard InChI is InChI=1S/C8H3ClF4N6O4/c9-6-5(19(22)23)4(15-17(6)8(12)13)3-2(18(20)21)1-16(14-3)7(10)11/h1,7-8H. The quantitative estimate of drug-likeness (QED) is 0.460. The molecule has 0 saturated carbocycles. The third kappa shape index (κ3) is 2.79. The average molecular weight is 359 g/mol. The molecule has 2 heterocycles. The van der Waals surface area contributed by atoms with E-state index in [-0.39, 0.29) is 9.36 Å². The Bertz CT molecular complexity index is 790. The maximum atomic E-state index is 12.7. The monoisotopic (exact) mass is 358 g/mol. The van der Waals surface area contributed by atoms with Gasteiger partial charge in [-0.05, 0) is 0 Å². The van der Waals surface area contributed by atoms with E-state index >= 15 is 0 Å². The van der Waals surface area contributed by atoms with Crippen LogP contribution < -0.4 is 0 Å². The number of hydrogen-bond donors (Lipinski definition) is 0. The Hall–Kier alpha value is -2.77. The molecule has 2 aromatic heterocycles. The molecule has 2 rings (SSSR count). The number of rotatable bonds is 5. The average Bonchev–Trinajstić information content (AvgIpc) is 2.99. The maximum absolute atomic E-state index is 12.7. The minimum absolute atomic E-state index is 0.160. The van der Waals surface area contributed by atoms with Gasteiger partial charge < -0.3 is 0 Å². The van der Waals surface area contributed by atoms with E-state index in [1.807, 2.05) is 0 Å². The number of aromatic nitrogens is 4. The Morgan fingerprint density at radius 2 is 1.65 bits per heavy atom. The van der Waals surface area contributed by atoms with Crippen LogP contribution in [-0.4, -0.2) is 29.4 Å². The van der Waals surface area contributed by atoms with Crippen molar-refractivity contribution in [2.45, 2.75) is 13.1 Å². The van der Waals surface area contributed by atoms with Gasteiger partial charge in [-0.3, -0.25) is 20.2 Å². The molecule has 0 atom stereocenters. The third-order valence-electron chi connectivity index (χ3n) is 2.53. The van der Waals surface area contributed by atoms with Crippen molar-refractivity contribution in [3.63, 3.8) is 0 Å². The van der Waals surface area contributed by atoms with E-state index < -0.39 is 50.9 Å². The molecular weight excluding hydrogens is 356 g/mol. The van der Waals surface area contributed by atoms with Gasteiger partial charge in [0.25, 0.3) is 0 Å². The molecule has 23 heavy (non-hydrogen) atoms. The number of alkyl halides is 4. The second-order valence-corrected chi connectivity index (χ2v) is 4.20. The minimum Gasteiger partial charge on any atom is -0.258 e. The van der Waals surface area contributed by atoms with Crippen LogP contribution in [0.4, 0.5) is 28.9 Å². The highest BCUT2D eigenvalue weighted by Gasteiger charge is 2.37. The predicted octanol–water partition coefficient (Wildman–Crippen LogP) is 3.01. The van der Waals surface area contributed by atoms with Crippen LogP contribution in [0, 0.1) is 20.2 Å². The lowest BCUT2D eigenvalue weighted by molar-refractivity contribution is -0.386. The van der Waals surface area contributed by atoms with Crippen LogP contribution in [0.1, 0.15) is 13.1 Å². The Morgan fingerprint density at radius 1 is 1.04 bits per heavy atom. The number of hydrogen-bond acceptors (Lipinski definition) is 6. The Morgan fingerprint density at radius 3 is 2.09 bits per heavy atom. The minimum atomic E-state index is -3.40. The molecule has 10 nitrogen and oxygen atoms in total. The highest BCUT2D eigenvalue weighted by atomic mass is 35.5. The second kappa shape index (κ2) is 5.79. The normalized spacial score (nSPS) is 11.4. The van der Waals surface area contributed by atoms with E-state index in [1.165, 1.54) is 0 Å². The van der Waals surface area contributed by atoms with Gasteiger partial charge in [-0.15, -0.1) is 0 Å². The summed E-state index contributed by atoms with van der Waals surface area (Å²) in [5.74, 6) is 0. The van der Waals surface area contributed by atoms with Crippen LogP contribution in [0.2, 0.25) is 5.15 Å². The van der Waals surface area contributed by atoms with Crippen molar-refractivity contribution in [1.29, 1.82) is 0 Å². The van der Waals surface area contributed by atoms with Crippen LogP contribution in [0.15, 0.2) is 6.20 Å². The molecule has 0 N–H and O–H groups in total. The summed E-state index contributed by atoms with van der Waals surface area (Å²) in [7, 11) is 0. The van der Waals surface area contributed by atoms with Crippen LogP contribution in [0.3, 0.4) is 0 Å². The summed E-state index contributed by atoms with van der Waals surface area (Å²) in [6.07, 6.45) is 0.291. The molecule has 0 unspecified atom stereocenters. The highest BCUT2D eigenvalue weighted by molar-refractivity contribution is 6.32. The molecule has 0 saturated heterocycles. The largest absolute Gasteiger partial charge is 0.335 e. The maximum Gasteiger partial charge on any atom is 0.335 e. The second-order valence-electron chi connectivity index (χ2n) is 3.85. The third-order valence-corrected chi connectivity index (χ3v) is 2.88. The summed E-state index contributed by atoms with van der Waals surface area (Å²) >= 11 is 5.40. The fraction of sp³-hybridized carbons (Fsp3) is 0.250. The fourth-order valence-electron chi connectivity index (χ4n) is 1.64. The molecule has 0 aliphatic carbocycles. The molecule has 15 heteroatoms. The van der Waals surface area contributed by atoms with E-state index in [1.54, 1.807) is 0 Å². The Balaban J connectivity index is 2.78. The van der Waals surface area contributed by atoms with Crippen LogP contribution in [-0.2, 0) is 0 Å². The fourth-order valence-corrected chi connectivity index (χ4v) is 1.91. The van der Waals surface area contributed by atoms with E-state index in [0.29, 0.717) is 6.20 Å². The molecule has 0 aromatic carbocycles. The SMILES string of the molecule is O=[N+]([O-])c1cn(C(F)F)nc1-c1nn(C(F)F)c(Cl)c1[N+](=O)[O-]. The molecule has 0 amide bonds. The van der Waals surface area contributed by atoms with E-state index in [0.717, 1.165) is 0 Å². The molecule has 0 fully saturated rings. The van der Waals surface area contributed by atoms with E-state index in [9.17, 15) is 37.8 Å². The predicted molar refractivity (Wildman–Crippen MR) is 64.3 cm³/mol. The van der Waals surface area contributed by atoms with Gasteiger partial charge in [-0.25, -0.2) is 4.68 Å². The summed E-state index contributed by atoms with van der Waals surface area (Å²) in [5.41, 5.74) is -4.30. The van der Waals surface area contributed by atoms with Crippen LogP contribution >= 0.6 is 11.6 Å². The van der Waals surface area contributed by atoms with Gasteiger partial charge in [0.15, 0.2) is 11.4 Å². The van der Waals surface area contributed by atoms with Crippen molar-refractivity contribution in [2.75, 3.05) is 0 Å². The van der Waals surface area contributed by atoms with Gasteiger partial charge in [0.05, 0.1) is 9.85 Å². The molecule has 2 aromatic rings. The van der Waals surface area contributed by atoms with Gasteiger partial charge in [0.1, 0.15) is 6.20 Å². The zero-order valence-electron chi connectivity index (χ0n) is 10.4. The van der Waals surface area contributed by atoms with Gasteiger partial charge >= 0.3 is 24.5 Å². The lowest BCUT2D eigenvalue weighted by Gasteiger charge is -1.97. The molecule has 0 radical (unpaired) electrons. The van der Waals surface area contributed by atoms with Gasteiger partial charge in [-0.2, -0.15) is 32.4 Å². The van der Waals surface area contributed by atoms with E-state index in [2.05, 4.69) is 10.2 Å². The summed E-state index contributed by atoms with van der Waals surface area (Å²) < 4.78 is 50.1. The van der Waals surface area contributed by atoms with Crippen molar-refractivity contribution < 1.29 is 27.4 Å². The molecular formula is C8H3ClF4N6O4. The van der Waals surface area contributed by atoms with E-state index in [4.69, 9.17) is 11.6 Å². The summed E-state index contributed by atoms with van der Waals surface area (Å²) in [5, 5.41) is 26.9. The molecule has 124 valence electrons. The molecule has 0 bridgehead atoms. The summed E-state index contributed by atoms with van der Waals surface area (Å²) in [6.45, 7) is -6.69. The first-order valence-electron chi connectivity index (χ1n) is 5.37. The van der Waals surface area contributed by atoms with Crippen molar-refractivity contribution in [3.8, 4) is 11.4 Å². The number of halogens is 5. The zero-order chi connectivity index (χ0) is 17.5. The van der Waals surface area contributed by atoms with Crippen molar-refractivity contribution >= 4 is 23.0 Å². The first kappa shape index (κ1) is 16.6. The summed E-state index contributed by atoms with van der Waals surface area (Å²) in [6, 6.07) is 0. The van der Waals surface area contributed by atoms with Crippen LogP contribution in [0.5, 0.6) is 0 Å². The van der Waals surface area contributed by atoms with Gasteiger partial charge in [-0.1, -0.05) is 11.6 Å². The van der Waals surface area contributed by atoms with Crippen molar-refractivity contribution in [2.24, 2.45) is 0 Å². The Kier molecular flexibility index (Phi) is 4.18. The van der Waals surface area contributed by atoms with Gasteiger partial charge in [0, 0.05) is 0 Å². The highest BCUT2D eigenvalue weighted by Crippen LogP contribution is 2.40. The number of nitrogens with zero attached hydrogens (tertiary/aromatic N) is 6. The lowest BCUT2D eigenvalue weighted by Crippen LogP contribution is -2.01. The first-order chi connectivity index (χ1) is 10.6. The molecule has 0 aliphatic rings.